The van der Waals surface area contributed by atoms with E-state index in [2.05, 4.69) is 0 Å². The molecule has 0 aliphatic carbocycles. The zero-order valence-corrected chi connectivity index (χ0v) is 16.8. The summed E-state index contributed by atoms with van der Waals surface area (Å²) in [4.78, 5) is 2.28. The predicted octanol–water partition coefficient (Wildman–Crippen LogP) is 3.37. The molecule has 0 aromatic heterocycles. The van der Waals surface area contributed by atoms with Gasteiger partial charge in [-0.2, -0.15) is 0 Å². The molecule has 1 N–H and O–H groups in total. The van der Waals surface area contributed by atoms with Gasteiger partial charge in [0.1, 0.15) is 0 Å². The van der Waals surface area contributed by atoms with E-state index in [0.717, 1.165) is 16.8 Å². The van der Waals surface area contributed by atoms with Crippen molar-refractivity contribution in [2.75, 3.05) is 24.7 Å². The van der Waals surface area contributed by atoms with Crippen molar-refractivity contribution >= 4 is 15.5 Å². The minimum Gasteiger partial charge on any atom is -0.392 e. The molecule has 4 nitrogen and oxygen atoms in total. The minimum absolute atomic E-state index is 0.0716. The monoisotopic (exact) mass is 373 g/mol. The second kappa shape index (κ2) is 6.39. The lowest BCUT2D eigenvalue weighted by Crippen LogP contribution is -2.38. The second-order valence-corrected chi connectivity index (χ2v) is 10.2. The zero-order valence-electron chi connectivity index (χ0n) is 16.0. The van der Waals surface area contributed by atoms with Crippen LogP contribution in [0.1, 0.15) is 36.5 Å². The summed E-state index contributed by atoms with van der Waals surface area (Å²) < 4.78 is 26.1. The summed E-state index contributed by atoms with van der Waals surface area (Å²) in [7, 11) is 0.360. The van der Waals surface area contributed by atoms with Gasteiger partial charge in [-0.3, -0.25) is 0 Å². The number of anilines is 1. The van der Waals surface area contributed by atoms with Crippen LogP contribution in [0.25, 0.3) is 0 Å². The summed E-state index contributed by atoms with van der Waals surface area (Å²) in [5.41, 5.74) is 2.91. The summed E-state index contributed by atoms with van der Waals surface area (Å²) in [6.45, 7) is 5.67. The molecule has 1 heterocycles. The van der Waals surface area contributed by atoms with Crippen molar-refractivity contribution in [1.29, 1.82) is 0 Å². The molecule has 2 aromatic rings. The minimum atomic E-state index is -3.49. The van der Waals surface area contributed by atoms with Gasteiger partial charge in [0.2, 0.25) is 0 Å². The highest BCUT2D eigenvalue weighted by Crippen LogP contribution is 2.45. The number of aryl methyl sites for hydroxylation is 1. The van der Waals surface area contributed by atoms with Crippen LogP contribution >= 0.6 is 0 Å². The third-order valence-electron chi connectivity index (χ3n) is 5.29. The molecule has 0 amide bonds. The van der Waals surface area contributed by atoms with Gasteiger partial charge in [0.05, 0.1) is 16.8 Å². The number of benzene rings is 2. The summed E-state index contributed by atoms with van der Waals surface area (Å²) in [5, 5.41) is 11.2. The fraction of sp³-hybridized carbons (Fsp3) is 0.429. The molecule has 0 saturated carbocycles. The maximum absolute atomic E-state index is 13.0. The third-order valence-corrected chi connectivity index (χ3v) is 7.46. The van der Waals surface area contributed by atoms with Gasteiger partial charge in [-0.15, -0.1) is 0 Å². The van der Waals surface area contributed by atoms with Crippen LogP contribution < -0.4 is 4.90 Å². The molecule has 0 radical (unpaired) electrons. The van der Waals surface area contributed by atoms with Gasteiger partial charge in [0.15, 0.2) is 9.84 Å². The molecule has 26 heavy (non-hydrogen) atoms. The summed E-state index contributed by atoms with van der Waals surface area (Å²) in [5.74, 6) is -0.463. The molecule has 1 aliphatic heterocycles. The Morgan fingerprint density at radius 1 is 1.08 bits per heavy atom. The molecule has 5 heteroatoms. The van der Waals surface area contributed by atoms with Gasteiger partial charge in [-0.1, -0.05) is 43.7 Å². The van der Waals surface area contributed by atoms with Crippen LogP contribution in [-0.4, -0.2) is 39.5 Å². The molecule has 0 unspecified atom stereocenters. The SMILES string of the molecule is Cc1ccc([C@@H]2c3cc(N(C)C)ccc3S(=O)(=O)CC(C)(C)[C@@H]2O)cc1. The first-order valence-electron chi connectivity index (χ1n) is 8.81. The van der Waals surface area contributed by atoms with E-state index in [4.69, 9.17) is 0 Å². The van der Waals surface area contributed by atoms with Crippen molar-refractivity contribution in [3.05, 3.63) is 59.2 Å². The number of hydrogen-bond donors (Lipinski definition) is 1. The molecule has 1 aliphatic rings. The number of nitrogens with zero attached hydrogens (tertiary/aromatic N) is 1. The van der Waals surface area contributed by atoms with E-state index in [1.54, 1.807) is 6.07 Å². The first kappa shape index (κ1) is 18.9. The van der Waals surface area contributed by atoms with Gasteiger partial charge in [-0.25, -0.2) is 8.42 Å². The molecular weight excluding hydrogens is 346 g/mol. The Bertz CT molecular complexity index is 915. The quantitative estimate of drug-likeness (QED) is 0.877. The van der Waals surface area contributed by atoms with E-state index in [0.29, 0.717) is 10.5 Å². The van der Waals surface area contributed by atoms with Crippen LogP contribution in [0.4, 0.5) is 5.69 Å². The lowest BCUT2D eigenvalue weighted by Gasteiger charge is -2.33. The molecule has 0 saturated heterocycles. The van der Waals surface area contributed by atoms with Gasteiger partial charge in [0, 0.05) is 31.1 Å². The van der Waals surface area contributed by atoms with Gasteiger partial charge in [0.25, 0.3) is 0 Å². The summed E-state index contributed by atoms with van der Waals surface area (Å²) in [6.07, 6.45) is -0.807. The molecule has 0 bridgehead atoms. The van der Waals surface area contributed by atoms with Gasteiger partial charge in [-0.05, 0) is 36.2 Å². The lowest BCUT2D eigenvalue weighted by atomic mass is 9.75. The number of aliphatic hydroxyl groups excluding tert-OH is 1. The van der Waals surface area contributed by atoms with Crippen molar-refractivity contribution in [3.8, 4) is 0 Å². The molecule has 140 valence electrons. The van der Waals surface area contributed by atoms with Crippen LogP contribution in [0, 0.1) is 12.3 Å². The van der Waals surface area contributed by atoms with Gasteiger partial charge >= 0.3 is 0 Å². The first-order chi connectivity index (χ1) is 12.0. The van der Waals surface area contributed by atoms with E-state index in [1.165, 1.54) is 0 Å². The Hall–Kier alpha value is -1.85. The van der Waals surface area contributed by atoms with E-state index < -0.39 is 27.3 Å². The number of sulfone groups is 1. The topological polar surface area (TPSA) is 57.6 Å². The standard InChI is InChI=1S/C21H27NO3S/c1-14-6-8-15(9-7-14)19-17-12-16(22(4)5)10-11-18(17)26(24,25)13-21(2,3)20(19)23/h6-12,19-20,23H,13H2,1-5H3/t19-,20-/m1/s1. The Balaban J connectivity index is 2.32. The average molecular weight is 374 g/mol. The predicted molar refractivity (Wildman–Crippen MR) is 106 cm³/mol. The molecule has 0 fully saturated rings. The van der Waals surface area contributed by atoms with E-state index in [9.17, 15) is 13.5 Å². The molecule has 2 aromatic carbocycles. The lowest BCUT2D eigenvalue weighted by molar-refractivity contribution is 0.0521. The van der Waals surface area contributed by atoms with Crippen molar-refractivity contribution in [2.24, 2.45) is 5.41 Å². The normalized spacial score (nSPS) is 23.8. The fourth-order valence-corrected chi connectivity index (χ4v) is 5.88. The smallest absolute Gasteiger partial charge is 0.179 e. The maximum Gasteiger partial charge on any atom is 0.179 e. The molecule has 0 spiro atoms. The Morgan fingerprint density at radius 3 is 2.27 bits per heavy atom. The van der Waals surface area contributed by atoms with Gasteiger partial charge < -0.3 is 10.0 Å². The van der Waals surface area contributed by atoms with Crippen molar-refractivity contribution < 1.29 is 13.5 Å². The van der Waals surface area contributed by atoms with Crippen LogP contribution in [0.15, 0.2) is 47.4 Å². The van der Waals surface area contributed by atoms with Crippen molar-refractivity contribution in [1.82, 2.24) is 0 Å². The van der Waals surface area contributed by atoms with E-state index >= 15 is 0 Å². The third kappa shape index (κ3) is 3.26. The first-order valence-corrected chi connectivity index (χ1v) is 10.5. The Morgan fingerprint density at radius 2 is 1.69 bits per heavy atom. The zero-order chi connectivity index (χ0) is 19.3. The van der Waals surface area contributed by atoms with Crippen molar-refractivity contribution in [3.63, 3.8) is 0 Å². The average Bonchev–Trinajstić information content (AvgIpc) is 2.60. The Labute approximate surface area is 156 Å². The van der Waals surface area contributed by atoms with Crippen LogP contribution in [0.5, 0.6) is 0 Å². The highest BCUT2D eigenvalue weighted by atomic mass is 32.2. The number of hydrogen-bond acceptors (Lipinski definition) is 4. The number of fused-ring (bicyclic) bond motifs is 1. The second-order valence-electron chi connectivity index (χ2n) is 8.20. The Kier molecular flexibility index (Phi) is 4.65. The summed E-state index contributed by atoms with van der Waals surface area (Å²) >= 11 is 0. The van der Waals surface area contributed by atoms with Crippen molar-refractivity contribution in [2.45, 2.75) is 37.7 Å². The number of rotatable bonds is 2. The largest absolute Gasteiger partial charge is 0.392 e. The van der Waals surface area contributed by atoms with E-state index in [1.807, 2.05) is 76.2 Å². The highest BCUT2D eigenvalue weighted by Gasteiger charge is 2.45. The van der Waals surface area contributed by atoms with Crippen LogP contribution in [0.3, 0.4) is 0 Å². The molecule has 3 rings (SSSR count). The van der Waals surface area contributed by atoms with Crippen LogP contribution in [0.2, 0.25) is 0 Å². The van der Waals surface area contributed by atoms with E-state index in [-0.39, 0.29) is 5.75 Å². The fourth-order valence-electron chi connectivity index (χ4n) is 3.75. The van der Waals surface area contributed by atoms with Crippen LogP contribution in [-0.2, 0) is 9.84 Å². The maximum atomic E-state index is 13.0. The molecular formula is C21H27NO3S. The highest BCUT2D eigenvalue weighted by molar-refractivity contribution is 7.91. The summed E-state index contributed by atoms with van der Waals surface area (Å²) in [6, 6.07) is 13.4. The number of aliphatic hydroxyl groups is 1. The molecule has 2 atom stereocenters.